The average molecular weight is 777 g/mol. The minimum Gasteiger partial charge on any atom is -0.310 e. The van der Waals surface area contributed by atoms with Crippen molar-refractivity contribution in [1.82, 2.24) is 4.57 Å². The SMILES string of the molecule is c1ccc(-c2ccc3cc4c(cc3c2)C(c2ccccc2)(c2ccccc2)c2cc(N(c3ccccc3)c3ccc5c(c3)c3ccccc3n5-c3ccccc3)ccc2-4)cc1. The Bertz CT molecular complexity index is 3350. The molecule has 2 nitrogen and oxygen atoms in total. The molecule has 1 aliphatic carbocycles. The molecule has 0 bridgehead atoms. The minimum absolute atomic E-state index is 0.574. The standard InChI is InChI=1S/C59H40N2/c1-6-18-41(19-7-1)42-30-31-43-37-53-51-34-32-50(40-56(51)59(45-20-8-2-9-21-45,46-22-10-3-11-23-46)55(53)38-44(43)36-42)60(47-24-12-4-13-25-47)49-33-35-58-54(39-49)52-28-16-17-29-57(52)61(58)48-26-14-5-15-27-48/h1-40H. The van der Waals surface area contributed by atoms with Crippen molar-refractivity contribution in [3.8, 4) is 27.9 Å². The molecular formula is C59H40N2. The van der Waals surface area contributed by atoms with E-state index in [0.29, 0.717) is 0 Å². The quantitative estimate of drug-likeness (QED) is 0.156. The number of fused-ring (bicyclic) bond motifs is 7. The van der Waals surface area contributed by atoms with Gasteiger partial charge in [0.05, 0.1) is 16.4 Å². The first-order valence-corrected chi connectivity index (χ1v) is 21.1. The fraction of sp³-hybridized carbons (Fsp3) is 0.0169. The van der Waals surface area contributed by atoms with Crippen LogP contribution in [0.5, 0.6) is 0 Å². The fourth-order valence-electron chi connectivity index (χ4n) is 10.1. The summed E-state index contributed by atoms with van der Waals surface area (Å²) in [6.45, 7) is 0. The largest absolute Gasteiger partial charge is 0.310 e. The maximum absolute atomic E-state index is 2.47. The van der Waals surface area contributed by atoms with E-state index in [4.69, 9.17) is 0 Å². The number of aromatic nitrogens is 1. The van der Waals surface area contributed by atoms with Gasteiger partial charge >= 0.3 is 0 Å². The van der Waals surface area contributed by atoms with E-state index in [1.54, 1.807) is 0 Å². The van der Waals surface area contributed by atoms with Crippen molar-refractivity contribution >= 4 is 49.6 Å². The van der Waals surface area contributed by atoms with Gasteiger partial charge in [-0.1, -0.05) is 164 Å². The van der Waals surface area contributed by atoms with Crippen molar-refractivity contribution < 1.29 is 0 Å². The zero-order valence-corrected chi connectivity index (χ0v) is 33.5. The van der Waals surface area contributed by atoms with Gasteiger partial charge in [-0.15, -0.1) is 0 Å². The Morgan fingerprint density at radius 3 is 1.62 bits per heavy atom. The number of para-hydroxylation sites is 3. The van der Waals surface area contributed by atoms with Gasteiger partial charge < -0.3 is 9.47 Å². The molecule has 0 atom stereocenters. The van der Waals surface area contributed by atoms with Crippen molar-refractivity contribution in [2.45, 2.75) is 5.41 Å². The summed E-state index contributed by atoms with van der Waals surface area (Å²) in [5, 5.41) is 4.92. The molecule has 1 aromatic heterocycles. The van der Waals surface area contributed by atoms with Crippen molar-refractivity contribution in [3.05, 3.63) is 265 Å². The second kappa shape index (κ2) is 14.1. The van der Waals surface area contributed by atoms with Crippen LogP contribution in [0.4, 0.5) is 17.1 Å². The first kappa shape index (κ1) is 35.0. The van der Waals surface area contributed by atoms with Gasteiger partial charge in [0.15, 0.2) is 0 Å². The van der Waals surface area contributed by atoms with Crippen molar-refractivity contribution in [2.24, 2.45) is 0 Å². The van der Waals surface area contributed by atoms with Gasteiger partial charge in [-0.3, -0.25) is 0 Å². The van der Waals surface area contributed by atoms with E-state index in [-0.39, 0.29) is 0 Å². The Morgan fingerprint density at radius 2 is 0.902 bits per heavy atom. The number of benzene rings is 10. The zero-order chi connectivity index (χ0) is 40.3. The van der Waals surface area contributed by atoms with Gasteiger partial charge in [-0.2, -0.15) is 0 Å². The predicted octanol–water partition coefficient (Wildman–Crippen LogP) is 15.4. The second-order valence-electron chi connectivity index (χ2n) is 16.1. The molecule has 0 N–H and O–H groups in total. The van der Waals surface area contributed by atoms with Crippen LogP contribution in [0, 0.1) is 0 Å². The van der Waals surface area contributed by atoms with Gasteiger partial charge in [-0.05, 0) is 134 Å². The summed E-state index contributed by atoms with van der Waals surface area (Å²) in [5.41, 5.74) is 16.3. The van der Waals surface area contributed by atoms with Crippen molar-refractivity contribution in [3.63, 3.8) is 0 Å². The van der Waals surface area contributed by atoms with Gasteiger partial charge in [-0.25, -0.2) is 0 Å². The highest BCUT2D eigenvalue weighted by Crippen LogP contribution is 2.58. The molecule has 0 unspecified atom stereocenters. The van der Waals surface area contributed by atoms with E-state index >= 15 is 0 Å². The fourth-order valence-corrected chi connectivity index (χ4v) is 10.1. The molecule has 0 saturated heterocycles. The highest BCUT2D eigenvalue weighted by Gasteiger charge is 2.46. The van der Waals surface area contributed by atoms with Crippen LogP contribution < -0.4 is 4.90 Å². The normalized spacial score (nSPS) is 12.7. The van der Waals surface area contributed by atoms with E-state index in [2.05, 4.69) is 252 Å². The van der Waals surface area contributed by atoms with E-state index in [1.807, 2.05) is 0 Å². The maximum Gasteiger partial charge on any atom is 0.0714 e. The molecule has 61 heavy (non-hydrogen) atoms. The Morgan fingerprint density at radius 1 is 0.328 bits per heavy atom. The topological polar surface area (TPSA) is 8.17 Å². The third kappa shape index (κ3) is 5.50. The smallest absolute Gasteiger partial charge is 0.0714 e. The lowest BCUT2D eigenvalue weighted by molar-refractivity contribution is 0.769. The Balaban J connectivity index is 1.11. The molecule has 286 valence electrons. The number of rotatable bonds is 7. The number of hydrogen-bond acceptors (Lipinski definition) is 1. The predicted molar refractivity (Wildman–Crippen MR) is 256 cm³/mol. The lowest BCUT2D eigenvalue weighted by atomic mass is 9.67. The summed E-state index contributed by atoms with van der Waals surface area (Å²) >= 11 is 0. The van der Waals surface area contributed by atoms with Crippen LogP contribution in [0.1, 0.15) is 22.3 Å². The third-order valence-corrected chi connectivity index (χ3v) is 12.8. The molecular weight excluding hydrogens is 737 g/mol. The van der Waals surface area contributed by atoms with Crippen LogP contribution in [-0.4, -0.2) is 4.57 Å². The lowest BCUT2D eigenvalue weighted by Gasteiger charge is -2.35. The van der Waals surface area contributed by atoms with Crippen LogP contribution in [0.2, 0.25) is 0 Å². The van der Waals surface area contributed by atoms with E-state index in [9.17, 15) is 0 Å². The molecule has 11 aromatic rings. The number of hydrogen-bond donors (Lipinski definition) is 0. The molecule has 1 aliphatic rings. The molecule has 0 aliphatic heterocycles. The monoisotopic (exact) mass is 776 g/mol. The lowest BCUT2D eigenvalue weighted by Crippen LogP contribution is -2.28. The van der Waals surface area contributed by atoms with E-state index in [1.165, 1.54) is 77.1 Å². The maximum atomic E-state index is 2.47. The third-order valence-electron chi connectivity index (χ3n) is 12.8. The summed E-state index contributed by atoms with van der Waals surface area (Å²) in [4.78, 5) is 2.43. The molecule has 0 saturated carbocycles. The Hall–Kier alpha value is -7.94. The molecule has 0 fully saturated rings. The molecule has 1 heterocycles. The summed E-state index contributed by atoms with van der Waals surface area (Å²) in [6, 6.07) is 89.2. The highest BCUT2D eigenvalue weighted by atomic mass is 15.1. The van der Waals surface area contributed by atoms with Crippen LogP contribution in [0.3, 0.4) is 0 Å². The summed E-state index contributed by atoms with van der Waals surface area (Å²) in [7, 11) is 0. The van der Waals surface area contributed by atoms with Crippen LogP contribution in [-0.2, 0) is 5.41 Å². The molecule has 2 heteroatoms. The van der Waals surface area contributed by atoms with Gasteiger partial charge in [0.1, 0.15) is 0 Å². The summed E-state index contributed by atoms with van der Waals surface area (Å²) < 4.78 is 2.38. The van der Waals surface area contributed by atoms with Crippen molar-refractivity contribution in [1.29, 1.82) is 0 Å². The first-order chi connectivity index (χ1) is 30.3. The zero-order valence-electron chi connectivity index (χ0n) is 33.5. The van der Waals surface area contributed by atoms with E-state index < -0.39 is 5.41 Å². The summed E-state index contributed by atoms with van der Waals surface area (Å²) in [6.07, 6.45) is 0. The van der Waals surface area contributed by atoms with Crippen molar-refractivity contribution in [2.75, 3.05) is 4.90 Å². The van der Waals surface area contributed by atoms with Gasteiger partial charge in [0.2, 0.25) is 0 Å². The van der Waals surface area contributed by atoms with Crippen LogP contribution in [0.15, 0.2) is 243 Å². The van der Waals surface area contributed by atoms with Crippen LogP contribution >= 0.6 is 0 Å². The summed E-state index contributed by atoms with van der Waals surface area (Å²) in [5.74, 6) is 0. The molecule has 0 spiro atoms. The minimum atomic E-state index is -0.574. The Kier molecular flexibility index (Phi) is 8.11. The first-order valence-electron chi connectivity index (χ1n) is 21.1. The number of nitrogens with zero attached hydrogens (tertiary/aromatic N) is 2. The average Bonchev–Trinajstić information content (AvgIpc) is 3.81. The van der Waals surface area contributed by atoms with Gasteiger partial charge in [0.25, 0.3) is 0 Å². The van der Waals surface area contributed by atoms with E-state index in [0.717, 1.165) is 22.7 Å². The molecule has 0 radical (unpaired) electrons. The van der Waals surface area contributed by atoms with Crippen LogP contribution in [0.25, 0.3) is 60.5 Å². The molecule has 12 rings (SSSR count). The highest BCUT2D eigenvalue weighted by molar-refractivity contribution is 6.11. The Labute approximate surface area is 355 Å². The van der Waals surface area contributed by atoms with Gasteiger partial charge in [0, 0.05) is 33.5 Å². The molecule has 10 aromatic carbocycles. The number of anilines is 3. The molecule has 0 amide bonds. The second-order valence-corrected chi connectivity index (χ2v) is 16.1.